The lowest BCUT2D eigenvalue weighted by atomic mass is 9.77. The van der Waals surface area contributed by atoms with Crippen molar-refractivity contribution in [1.29, 1.82) is 0 Å². The van der Waals surface area contributed by atoms with Gasteiger partial charge in [-0.05, 0) is 65.6 Å². The van der Waals surface area contributed by atoms with Crippen LogP contribution in [-0.4, -0.2) is 15.7 Å². The Kier molecular flexibility index (Phi) is 5.79. The van der Waals surface area contributed by atoms with E-state index in [2.05, 4.69) is 33.6 Å². The van der Waals surface area contributed by atoms with Crippen molar-refractivity contribution in [3.8, 4) is 0 Å². The minimum Gasteiger partial charge on any atom is -0.390 e. The fourth-order valence-electron chi connectivity index (χ4n) is 3.28. The molecule has 20 heavy (non-hydrogen) atoms. The first-order valence-corrected chi connectivity index (χ1v) is 8.38. The van der Waals surface area contributed by atoms with Crippen LogP contribution in [0.5, 0.6) is 0 Å². The molecular weight excluding hydrogens is 314 g/mol. The molecule has 0 amide bonds. The van der Waals surface area contributed by atoms with Crippen molar-refractivity contribution in [3.63, 3.8) is 0 Å². The molecule has 0 aromatic carbocycles. The maximum atomic E-state index is 11.1. The lowest BCUT2D eigenvalue weighted by molar-refractivity contribution is -0.0314. The Bertz CT molecular complexity index is 448. The molecule has 0 bridgehead atoms. The molecule has 0 spiro atoms. The summed E-state index contributed by atoms with van der Waals surface area (Å²) < 4.78 is 0.912. The van der Waals surface area contributed by atoms with Gasteiger partial charge in [-0.15, -0.1) is 6.58 Å². The van der Waals surface area contributed by atoms with E-state index >= 15 is 0 Å². The van der Waals surface area contributed by atoms with Crippen molar-refractivity contribution < 1.29 is 5.11 Å². The molecule has 3 heteroatoms. The highest BCUT2D eigenvalue weighted by Crippen LogP contribution is 2.38. The average Bonchev–Trinajstić information content (AvgIpc) is 2.62. The van der Waals surface area contributed by atoms with Gasteiger partial charge >= 0.3 is 0 Å². The maximum absolute atomic E-state index is 11.1. The normalized spacial score (nSPS) is 27.0. The van der Waals surface area contributed by atoms with Crippen LogP contribution in [0.4, 0.5) is 0 Å². The van der Waals surface area contributed by atoms with Crippen molar-refractivity contribution >= 4 is 15.9 Å². The van der Waals surface area contributed by atoms with Gasteiger partial charge in [-0.2, -0.15) is 0 Å². The second kappa shape index (κ2) is 7.37. The fraction of sp³-hybridized carbons (Fsp3) is 0.588. The van der Waals surface area contributed by atoms with Gasteiger partial charge in [-0.25, -0.2) is 4.98 Å². The highest BCUT2D eigenvalue weighted by Gasteiger charge is 2.36. The second-order valence-corrected chi connectivity index (χ2v) is 6.64. The van der Waals surface area contributed by atoms with Crippen LogP contribution >= 0.6 is 15.9 Å². The molecule has 1 aliphatic carbocycles. The van der Waals surface area contributed by atoms with Crippen LogP contribution in [0.1, 0.15) is 50.5 Å². The molecule has 1 aromatic heterocycles. The number of allylic oxidation sites excluding steroid dienone is 1. The first-order valence-electron chi connectivity index (χ1n) is 7.58. The highest BCUT2D eigenvalue weighted by molar-refractivity contribution is 9.10. The van der Waals surface area contributed by atoms with Gasteiger partial charge in [0.25, 0.3) is 0 Å². The zero-order valence-electron chi connectivity index (χ0n) is 12.0. The number of hydrogen-bond donors (Lipinski definition) is 1. The number of aromatic nitrogens is 1. The van der Waals surface area contributed by atoms with E-state index in [-0.39, 0.29) is 0 Å². The Morgan fingerprint density at radius 1 is 1.45 bits per heavy atom. The van der Waals surface area contributed by atoms with E-state index in [9.17, 15) is 5.11 Å². The third-order valence-corrected chi connectivity index (χ3v) is 5.22. The van der Waals surface area contributed by atoms with Crippen molar-refractivity contribution in [2.24, 2.45) is 5.92 Å². The summed E-state index contributed by atoms with van der Waals surface area (Å²) in [5, 5.41) is 11.1. The quantitative estimate of drug-likeness (QED) is 0.481. The monoisotopic (exact) mass is 337 g/mol. The van der Waals surface area contributed by atoms with Gasteiger partial charge in [0.2, 0.25) is 0 Å². The number of rotatable bonds is 5. The van der Waals surface area contributed by atoms with Crippen LogP contribution in [0.2, 0.25) is 0 Å². The summed E-state index contributed by atoms with van der Waals surface area (Å²) in [6.07, 6.45) is 12.0. The lowest BCUT2D eigenvalue weighted by Gasteiger charge is -2.35. The van der Waals surface area contributed by atoms with E-state index in [0.29, 0.717) is 5.92 Å². The van der Waals surface area contributed by atoms with Gasteiger partial charge in [0.05, 0.1) is 5.60 Å². The second-order valence-electron chi connectivity index (χ2n) is 5.88. The lowest BCUT2D eigenvalue weighted by Crippen LogP contribution is -2.38. The van der Waals surface area contributed by atoms with Crippen LogP contribution in [0.25, 0.3) is 0 Å². The minimum atomic E-state index is -0.542. The molecular formula is C17H24BrNO. The van der Waals surface area contributed by atoms with Gasteiger partial charge in [-0.1, -0.05) is 31.4 Å². The molecule has 1 aliphatic rings. The third kappa shape index (κ3) is 3.92. The van der Waals surface area contributed by atoms with Crippen LogP contribution in [0.15, 0.2) is 35.6 Å². The van der Waals surface area contributed by atoms with E-state index in [0.717, 1.165) is 43.1 Å². The first-order chi connectivity index (χ1) is 9.65. The average molecular weight is 338 g/mol. The Hall–Kier alpha value is -0.670. The summed E-state index contributed by atoms with van der Waals surface area (Å²) >= 11 is 3.52. The molecule has 0 radical (unpaired) electrons. The predicted octanol–water partition coefficient (Wildman–Crippen LogP) is 4.66. The van der Waals surface area contributed by atoms with Crippen molar-refractivity contribution in [2.75, 3.05) is 0 Å². The Labute approximate surface area is 130 Å². The molecule has 1 aromatic rings. The largest absolute Gasteiger partial charge is 0.390 e. The summed E-state index contributed by atoms with van der Waals surface area (Å²) in [4.78, 5) is 4.30. The topological polar surface area (TPSA) is 33.1 Å². The maximum Gasteiger partial charge on any atom is 0.109 e. The van der Waals surface area contributed by atoms with E-state index in [1.54, 1.807) is 6.20 Å². The zero-order valence-corrected chi connectivity index (χ0v) is 13.6. The van der Waals surface area contributed by atoms with E-state index < -0.39 is 5.60 Å². The Morgan fingerprint density at radius 2 is 2.30 bits per heavy atom. The Balaban J connectivity index is 2.16. The molecule has 1 heterocycles. The summed E-state index contributed by atoms with van der Waals surface area (Å²) in [5.41, 5.74) is 0.663. The van der Waals surface area contributed by atoms with E-state index in [1.807, 2.05) is 12.1 Å². The molecule has 110 valence electrons. The predicted molar refractivity (Wildman–Crippen MR) is 86.6 cm³/mol. The van der Waals surface area contributed by atoms with Crippen LogP contribution < -0.4 is 0 Å². The van der Waals surface area contributed by atoms with Crippen molar-refractivity contribution in [3.05, 3.63) is 41.2 Å². The van der Waals surface area contributed by atoms with Gasteiger partial charge in [0, 0.05) is 6.20 Å². The molecule has 2 rings (SSSR count). The van der Waals surface area contributed by atoms with Crippen LogP contribution in [-0.2, 0) is 6.42 Å². The third-order valence-electron chi connectivity index (χ3n) is 4.51. The molecule has 0 aliphatic heterocycles. The van der Waals surface area contributed by atoms with Gasteiger partial charge < -0.3 is 5.11 Å². The number of aliphatic hydroxyl groups is 1. The van der Waals surface area contributed by atoms with Gasteiger partial charge in [0.1, 0.15) is 4.60 Å². The Morgan fingerprint density at radius 3 is 3.05 bits per heavy atom. The SMILES string of the molecule is C=CCC[C@]1(O)CCCCC[C@H]1Cc1cccnc1Br. The first kappa shape index (κ1) is 15.7. The van der Waals surface area contributed by atoms with Crippen molar-refractivity contribution in [1.82, 2.24) is 4.98 Å². The summed E-state index contributed by atoms with van der Waals surface area (Å²) in [7, 11) is 0. The fourth-order valence-corrected chi connectivity index (χ4v) is 3.69. The minimum absolute atomic E-state index is 0.324. The van der Waals surface area contributed by atoms with E-state index in [1.165, 1.54) is 18.4 Å². The van der Waals surface area contributed by atoms with E-state index in [4.69, 9.17) is 0 Å². The molecule has 0 unspecified atom stereocenters. The zero-order chi connectivity index (χ0) is 14.4. The smallest absolute Gasteiger partial charge is 0.109 e. The number of nitrogens with zero attached hydrogens (tertiary/aromatic N) is 1. The molecule has 0 saturated heterocycles. The molecule has 1 N–H and O–H groups in total. The number of halogens is 1. The van der Waals surface area contributed by atoms with Crippen LogP contribution in [0.3, 0.4) is 0 Å². The molecule has 1 fully saturated rings. The van der Waals surface area contributed by atoms with Gasteiger partial charge in [-0.3, -0.25) is 0 Å². The number of hydrogen-bond acceptors (Lipinski definition) is 2. The van der Waals surface area contributed by atoms with Crippen molar-refractivity contribution in [2.45, 2.75) is 57.0 Å². The summed E-state index contributed by atoms with van der Waals surface area (Å²) in [6.45, 7) is 3.79. The number of pyridine rings is 1. The molecule has 2 nitrogen and oxygen atoms in total. The standard InChI is InChI=1S/C17H24BrNO/c1-2-3-10-17(20)11-6-4-5-9-15(17)13-14-8-7-12-19-16(14)18/h2,7-8,12,15,20H,1,3-6,9-11,13H2/t15-,17-/m0/s1. The molecule has 2 atom stereocenters. The van der Waals surface area contributed by atoms with Crippen LogP contribution in [0, 0.1) is 5.92 Å². The highest BCUT2D eigenvalue weighted by atomic mass is 79.9. The summed E-state index contributed by atoms with van der Waals surface area (Å²) in [5.74, 6) is 0.324. The van der Waals surface area contributed by atoms with Gasteiger partial charge in [0.15, 0.2) is 0 Å². The summed E-state index contributed by atoms with van der Waals surface area (Å²) in [6, 6.07) is 4.08. The molecule has 1 saturated carbocycles.